The molecule has 2 amide bonds. The van der Waals surface area contributed by atoms with Gasteiger partial charge in [-0.3, -0.25) is 4.79 Å². The molecule has 120 valence electrons. The van der Waals surface area contributed by atoms with Gasteiger partial charge in [0.1, 0.15) is 0 Å². The van der Waals surface area contributed by atoms with Gasteiger partial charge in [-0.2, -0.15) is 0 Å². The first-order chi connectivity index (χ1) is 10.1. The Labute approximate surface area is 126 Å². The van der Waals surface area contributed by atoms with Gasteiger partial charge in [0.05, 0.1) is 5.92 Å². The van der Waals surface area contributed by atoms with Crippen molar-refractivity contribution in [1.29, 1.82) is 0 Å². The largest absolute Gasteiger partial charge is 0.481 e. The molecule has 2 saturated carbocycles. The van der Waals surface area contributed by atoms with E-state index in [-0.39, 0.29) is 18.0 Å². The summed E-state index contributed by atoms with van der Waals surface area (Å²) in [6.07, 6.45) is 8.26. The second kappa shape index (κ2) is 7.66. The average molecular weight is 296 g/mol. The Bertz CT molecular complexity index is 365. The number of hydrogen-bond acceptors (Lipinski definition) is 2. The van der Waals surface area contributed by atoms with Crippen LogP contribution in [0.3, 0.4) is 0 Å². The number of carbonyl (C=O) groups is 2. The second-order valence-electron chi connectivity index (χ2n) is 6.69. The van der Waals surface area contributed by atoms with Crippen LogP contribution in [0.25, 0.3) is 0 Å². The quantitative estimate of drug-likeness (QED) is 0.730. The summed E-state index contributed by atoms with van der Waals surface area (Å²) in [6, 6.07) is -0.120. The third-order valence-corrected chi connectivity index (χ3v) is 5.21. The third kappa shape index (κ3) is 4.90. The molecule has 0 spiro atoms. The second-order valence-corrected chi connectivity index (χ2v) is 6.69. The molecule has 0 aliphatic heterocycles. The monoisotopic (exact) mass is 296 g/mol. The zero-order valence-corrected chi connectivity index (χ0v) is 12.9. The van der Waals surface area contributed by atoms with E-state index in [0.29, 0.717) is 18.8 Å². The maximum Gasteiger partial charge on any atom is 0.315 e. The molecule has 2 aliphatic rings. The molecular weight excluding hydrogens is 268 g/mol. The average Bonchev–Trinajstić information content (AvgIpc) is 2.94. The molecule has 5 heteroatoms. The van der Waals surface area contributed by atoms with Gasteiger partial charge in [-0.15, -0.1) is 0 Å². The highest BCUT2D eigenvalue weighted by Crippen LogP contribution is 2.30. The maximum atomic E-state index is 11.9. The molecule has 2 rings (SSSR count). The van der Waals surface area contributed by atoms with Crippen molar-refractivity contribution in [3.8, 4) is 0 Å². The van der Waals surface area contributed by atoms with Gasteiger partial charge >= 0.3 is 12.0 Å². The molecule has 3 N–H and O–H groups in total. The Morgan fingerprint density at radius 1 is 1.05 bits per heavy atom. The molecular formula is C16H28N2O3. The number of carboxylic acids is 1. The van der Waals surface area contributed by atoms with Gasteiger partial charge < -0.3 is 15.7 Å². The van der Waals surface area contributed by atoms with Crippen LogP contribution in [0.5, 0.6) is 0 Å². The van der Waals surface area contributed by atoms with Crippen LogP contribution in [0.2, 0.25) is 0 Å². The molecule has 2 atom stereocenters. The van der Waals surface area contributed by atoms with Crippen LogP contribution in [0, 0.1) is 17.8 Å². The van der Waals surface area contributed by atoms with Crippen LogP contribution in [-0.2, 0) is 4.79 Å². The first-order valence-corrected chi connectivity index (χ1v) is 8.35. The van der Waals surface area contributed by atoms with Crippen LogP contribution in [0.1, 0.15) is 58.3 Å². The highest BCUT2D eigenvalue weighted by atomic mass is 16.4. The Morgan fingerprint density at radius 2 is 1.71 bits per heavy atom. The molecule has 0 radical (unpaired) electrons. The van der Waals surface area contributed by atoms with E-state index in [9.17, 15) is 9.59 Å². The molecule has 0 aromatic rings. The highest BCUT2D eigenvalue weighted by Gasteiger charge is 2.30. The Balaban J connectivity index is 1.61. The van der Waals surface area contributed by atoms with Crippen molar-refractivity contribution in [3.63, 3.8) is 0 Å². The van der Waals surface area contributed by atoms with Crippen LogP contribution < -0.4 is 10.6 Å². The number of urea groups is 1. The van der Waals surface area contributed by atoms with Crippen molar-refractivity contribution in [2.75, 3.05) is 6.54 Å². The van der Waals surface area contributed by atoms with E-state index in [1.54, 1.807) is 0 Å². The standard InChI is InChI=1S/C16H28N2O3/c1-2-11-3-5-12(6-4-11)10-17-16(21)18-14-8-7-13(9-14)15(19)20/h11-14H,2-10H2,1H3,(H,19,20)(H2,17,18,21)/t11?,12?,13-,14+/m1/s1. The minimum atomic E-state index is -0.743. The lowest BCUT2D eigenvalue weighted by atomic mass is 9.81. The van der Waals surface area contributed by atoms with Crippen molar-refractivity contribution >= 4 is 12.0 Å². The topological polar surface area (TPSA) is 78.4 Å². The summed E-state index contributed by atoms with van der Waals surface area (Å²) >= 11 is 0. The van der Waals surface area contributed by atoms with Crippen molar-refractivity contribution in [2.24, 2.45) is 17.8 Å². The fourth-order valence-corrected chi connectivity index (χ4v) is 3.65. The molecule has 21 heavy (non-hydrogen) atoms. The summed E-state index contributed by atoms with van der Waals surface area (Å²) in [5, 5.41) is 14.8. The first-order valence-electron chi connectivity index (χ1n) is 8.35. The first kappa shape index (κ1) is 16.1. The van der Waals surface area contributed by atoms with Crippen molar-refractivity contribution in [2.45, 2.75) is 64.3 Å². The Hall–Kier alpha value is -1.26. The fraction of sp³-hybridized carbons (Fsp3) is 0.875. The molecule has 0 aromatic heterocycles. The van der Waals surface area contributed by atoms with Crippen molar-refractivity contribution in [1.82, 2.24) is 10.6 Å². The van der Waals surface area contributed by atoms with Gasteiger partial charge in [0, 0.05) is 12.6 Å². The number of aliphatic carboxylic acids is 1. The highest BCUT2D eigenvalue weighted by molar-refractivity contribution is 5.75. The number of carboxylic acid groups (broad SMARTS) is 1. The van der Waals surface area contributed by atoms with E-state index in [1.807, 2.05) is 0 Å². The van der Waals surface area contributed by atoms with Gasteiger partial charge in [0.2, 0.25) is 0 Å². The summed E-state index contributed by atoms with van der Waals surface area (Å²) in [5.74, 6) is 0.447. The number of carbonyl (C=O) groups excluding carboxylic acids is 1. The molecule has 2 aliphatic carbocycles. The van der Waals surface area contributed by atoms with Crippen LogP contribution in [0.15, 0.2) is 0 Å². The lowest BCUT2D eigenvalue weighted by Gasteiger charge is -2.28. The summed E-state index contributed by atoms with van der Waals surface area (Å²) in [6.45, 7) is 3.00. The maximum absolute atomic E-state index is 11.9. The summed E-state index contributed by atoms with van der Waals surface area (Å²) in [4.78, 5) is 22.8. The number of amides is 2. The third-order valence-electron chi connectivity index (χ3n) is 5.21. The van der Waals surface area contributed by atoms with E-state index in [1.165, 1.54) is 32.1 Å². The lowest BCUT2D eigenvalue weighted by molar-refractivity contribution is -0.141. The van der Waals surface area contributed by atoms with Gasteiger partial charge in [0.15, 0.2) is 0 Å². The Kier molecular flexibility index (Phi) is 5.88. The molecule has 0 aromatic carbocycles. The molecule has 0 bridgehead atoms. The van der Waals surface area contributed by atoms with E-state index in [2.05, 4.69) is 17.6 Å². The number of nitrogens with one attached hydrogen (secondary N) is 2. The zero-order valence-electron chi connectivity index (χ0n) is 12.9. The van der Waals surface area contributed by atoms with Gasteiger partial charge in [-0.1, -0.05) is 26.2 Å². The Morgan fingerprint density at radius 3 is 2.29 bits per heavy atom. The SMILES string of the molecule is CCC1CCC(CNC(=O)N[C@H]2CC[C@@H](C(=O)O)C2)CC1. The van der Waals surface area contributed by atoms with Crippen LogP contribution in [-0.4, -0.2) is 29.7 Å². The minimum Gasteiger partial charge on any atom is -0.481 e. The minimum absolute atomic E-state index is 0.0157. The van der Waals surface area contributed by atoms with E-state index in [4.69, 9.17) is 5.11 Å². The van der Waals surface area contributed by atoms with Gasteiger partial charge in [0.25, 0.3) is 0 Å². The fourth-order valence-electron chi connectivity index (χ4n) is 3.65. The summed E-state index contributed by atoms with van der Waals surface area (Å²) < 4.78 is 0. The zero-order chi connectivity index (χ0) is 15.2. The molecule has 0 saturated heterocycles. The predicted molar refractivity (Wildman–Crippen MR) is 81.0 cm³/mol. The molecule has 0 heterocycles. The molecule has 0 unspecified atom stereocenters. The smallest absolute Gasteiger partial charge is 0.315 e. The van der Waals surface area contributed by atoms with Gasteiger partial charge in [-0.25, -0.2) is 4.79 Å². The van der Waals surface area contributed by atoms with E-state index >= 15 is 0 Å². The normalized spacial score (nSPS) is 32.6. The predicted octanol–water partition coefficient (Wildman–Crippen LogP) is 2.76. The summed E-state index contributed by atoms with van der Waals surface area (Å²) in [5.41, 5.74) is 0. The van der Waals surface area contributed by atoms with Gasteiger partial charge in [-0.05, 0) is 43.9 Å². The van der Waals surface area contributed by atoms with Crippen molar-refractivity contribution in [3.05, 3.63) is 0 Å². The molecule has 5 nitrogen and oxygen atoms in total. The van der Waals surface area contributed by atoms with Crippen LogP contribution in [0.4, 0.5) is 4.79 Å². The molecule has 2 fully saturated rings. The van der Waals surface area contributed by atoms with Crippen molar-refractivity contribution < 1.29 is 14.7 Å². The van der Waals surface area contributed by atoms with E-state index in [0.717, 1.165) is 18.9 Å². The number of hydrogen-bond donors (Lipinski definition) is 3. The van der Waals surface area contributed by atoms with E-state index < -0.39 is 5.97 Å². The lowest BCUT2D eigenvalue weighted by Crippen LogP contribution is -2.43. The number of rotatable bonds is 5. The van der Waals surface area contributed by atoms with Crippen LogP contribution >= 0.6 is 0 Å². The summed E-state index contributed by atoms with van der Waals surface area (Å²) in [7, 11) is 0.